The van der Waals surface area contributed by atoms with Crippen molar-refractivity contribution < 1.29 is 8.78 Å². The second kappa shape index (κ2) is 8.17. The summed E-state index contributed by atoms with van der Waals surface area (Å²) >= 11 is 0. The minimum Gasteiger partial charge on any atom is -0.262 e. The Bertz CT molecular complexity index is 1190. The molecule has 158 valence electrons. The molecule has 2 aromatic carbocycles. The smallest absolute Gasteiger partial charge is 0.181 e. The minimum absolute atomic E-state index is 0.216. The van der Waals surface area contributed by atoms with E-state index < -0.39 is 0 Å². The lowest BCUT2D eigenvalue weighted by atomic mass is 9.73. The van der Waals surface area contributed by atoms with Crippen LogP contribution in [0.1, 0.15) is 55.8 Å². The van der Waals surface area contributed by atoms with E-state index in [1.807, 2.05) is 12.3 Å². The third-order valence-electron chi connectivity index (χ3n) is 6.69. The van der Waals surface area contributed by atoms with Gasteiger partial charge in [0.1, 0.15) is 17.5 Å². The Hall–Kier alpha value is -3.15. The molecule has 0 saturated heterocycles. The first kappa shape index (κ1) is 19.8. The summed E-state index contributed by atoms with van der Waals surface area (Å²) in [5.74, 6) is 2.17. The van der Waals surface area contributed by atoms with Crippen molar-refractivity contribution in [1.82, 2.24) is 20.2 Å². The molecule has 5 rings (SSSR count). The van der Waals surface area contributed by atoms with E-state index in [1.165, 1.54) is 23.8 Å². The summed E-state index contributed by atoms with van der Waals surface area (Å²) in [6.07, 6.45) is 6.11. The van der Waals surface area contributed by atoms with Crippen LogP contribution < -0.4 is 0 Å². The van der Waals surface area contributed by atoms with E-state index in [2.05, 4.69) is 27.1 Å². The number of rotatable bonds is 4. The first-order valence-electron chi connectivity index (χ1n) is 10.8. The molecule has 1 atom stereocenters. The van der Waals surface area contributed by atoms with Gasteiger partial charge in [-0.2, -0.15) is 5.10 Å². The van der Waals surface area contributed by atoms with Crippen molar-refractivity contribution in [2.24, 2.45) is 5.92 Å². The zero-order chi connectivity index (χ0) is 21.4. The summed E-state index contributed by atoms with van der Waals surface area (Å²) in [4.78, 5) is 9.06. The topological polar surface area (TPSA) is 54.5 Å². The number of aromatic nitrogens is 4. The van der Waals surface area contributed by atoms with E-state index in [-0.39, 0.29) is 17.6 Å². The number of nitrogens with zero attached hydrogens (tertiary/aromatic N) is 3. The van der Waals surface area contributed by atoms with Crippen molar-refractivity contribution in [3.8, 4) is 11.4 Å². The number of fused-ring (bicyclic) bond motifs is 1. The summed E-state index contributed by atoms with van der Waals surface area (Å²) in [5, 5.41) is 8.35. The number of halogens is 2. The Labute approximate surface area is 179 Å². The first-order chi connectivity index (χ1) is 15.1. The molecule has 2 heterocycles. The fourth-order valence-corrected chi connectivity index (χ4v) is 4.86. The standard InChI is InChI=1S/C25H24F2N4/c1-15(24-29-25(31-30-24)18-6-8-19(26)9-7-18)16-2-4-17(5-3-16)21-12-13-28-23-11-10-20(27)14-22(21)23/h6-17H,2-5H2,1H3,(H,29,30,31). The molecule has 0 bridgehead atoms. The highest BCUT2D eigenvalue weighted by Gasteiger charge is 2.29. The third-order valence-corrected chi connectivity index (χ3v) is 6.69. The molecule has 4 aromatic rings. The second-order valence-corrected chi connectivity index (χ2v) is 8.51. The predicted octanol–water partition coefficient (Wildman–Crippen LogP) is 6.38. The van der Waals surface area contributed by atoms with Crippen LogP contribution in [0.4, 0.5) is 8.78 Å². The van der Waals surface area contributed by atoms with E-state index in [4.69, 9.17) is 0 Å². The van der Waals surface area contributed by atoms with Gasteiger partial charge >= 0.3 is 0 Å². The molecule has 1 saturated carbocycles. The molecule has 31 heavy (non-hydrogen) atoms. The van der Waals surface area contributed by atoms with Crippen LogP contribution in [0, 0.1) is 17.6 Å². The number of hydrogen-bond donors (Lipinski definition) is 1. The Morgan fingerprint density at radius 1 is 0.935 bits per heavy atom. The van der Waals surface area contributed by atoms with Crippen molar-refractivity contribution in [3.63, 3.8) is 0 Å². The Balaban J connectivity index is 1.29. The first-order valence-corrected chi connectivity index (χ1v) is 10.8. The van der Waals surface area contributed by atoms with Gasteiger partial charge in [0.15, 0.2) is 5.82 Å². The van der Waals surface area contributed by atoms with Crippen LogP contribution >= 0.6 is 0 Å². The van der Waals surface area contributed by atoms with Gasteiger partial charge in [0.05, 0.1) is 5.52 Å². The van der Waals surface area contributed by atoms with Gasteiger partial charge in [-0.1, -0.05) is 6.92 Å². The number of pyridine rings is 1. The number of H-pyrrole nitrogens is 1. The third kappa shape index (κ3) is 3.94. The maximum atomic E-state index is 13.8. The van der Waals surface area contributed by atoms with Crippen molar-refractivity contribution in [2.75, 3.05) is 0 Å². The summed E-state index contributed by atoms with van der Waals surface area (Å²) in [6, 6.07) is 13.1. The maximum absolute atomic E-state index is 13.8. The van der Waals surface area contributed by atoms with Crippen molar-refractivity contribution in [1.29, 1.82) is 0 Å². The molecule has 4 nitrogen and oxygen atoms in total. The lowest BCUT2D eigenvalue weighted by Gasteiger charge is -2.32. The fourth-order valence-electron chi connectivity index (χ4n) is 4.86. The van der Waals surface area contributed by atoms with E-state index >= 15 is 0 Å². The minimum atomic E-state index is -0.269. The summed E-state index contributed by atoms with van der Waals surface area (Å²) in [5.41, 5.74) is 2.86. The lowest BCUT2D eigenvalue weighted by molar-refractivity contribution is 0.286. The monoisotopic (exact) mass is 418 g/mol. The molecule has 1 N–H and O–H groups in total. The predicted molar refractivity (Wildman–Crippen MR) is 117 cm³/mol. The highest BCUT2D eigenvalue weighted by atomic mass is 19.1. The van der Waals surface area contributed by atoms with Gasteiger partial charge in [0.25, 0.3) is 0 Å². The molecular formula is C25H24F2N4. The second-order valence-electron chi connectivity index (χ2n) is 8.51. The molecule has 0 spiro atoms. The number of hydrogen-bond acceptors (Lipinski definition) is 3. The van der Waals surface area contributed by atoms with Gasteiger partial charge in [-0.3, -0.25) is 10.1 Å². The largest absolute Gasteiger partial charge is 0.262 e. The maximum Gasteiger partial charge on any atom is 0.181 e. The molecule has 0 amide bonds. The van der Waals surface area contributed by atoms with E-state index in [0.29, 0.717) is 17.7 Å². The van der Waals surface area contributed by atoms with Crippen LogP contribution in [-0.4, -0.2) is 20.2 Å². The van der Waals surface area contributed by atoms with Crippen molar-refractivity contribution >= 4 is 10.9 Å². The Morgan fingerprint density at radius 2 is 1.68 bits per heavy atom. The normalized spacial score (nSPS) is 20.1. The van der Waals surface area contributed by atoms with Gasteiger partial charge in [-0.15, -0.1) is 0 Å². The quantitative estimate of drug-likeness (QED) is 0.419. The van der Waals surface area contributed by atoms with E-state index in [1.54, 1.807) is 24.3 Å². The van der Waals surface area contributed by atoms with E-state index in [9.17, 15) is 8.78 Å². The number of aromatic amines is 1. The zero-order valence-electron chi connectivity index (χ0n) is 17.4. The summed E-state index contributed by atoms with van der Waals surface area (Å²) < 4.78 is 27.0. The highest BCUT2D eigenvalue weighted by molar-refractivity contribution is 5.82. The Kier molecular flexibility index (Phi) is 5.22. The highest BCUT2D eigenvalue weighted by Crippen LogP contribution is 2.42. The van der Waals surface area contributed by atoms with Crippen LogP contribution in [0.2, 0.25) is 0 Å². The SMILES string of the molecule is CC(c1nc(-c2ccc(F)cc2)n[nH]1)C1CCC(c2ccnc3ccc(F)cc23)CC1. The van der Waals surface area contributed by atoms with Crippen molar-refractivity contribution in [3.05, 3.63) is 77.8 Å². The molecule has 6 heteroatoms. The average molecular weight is 418 g/mol. The molecule has 1 aliphatic carbocycles. The van der Waals surface area contributed by atoms with Gasteiger partial charge in [0.2, 0.25) is 0 Å². The molecular weight excluding hydrogens is 394 g/mol. The lowest BCUT2D eigenvalue weighted by Crippen LogP contribution is -2.19. The molecule has 0 aliphatic heterocycles. The molecule has 1 unspecified atom stereocenters. The van der Waals surface area contributed by atoms with Crippen molar-refractivity contribution in [2.45, 2.75) is 44.4 Å². The van der Waals surface area contributed by atoms with Gasteiger partial charge in [-0.25, -0.2) is 13.8 Å². The molecule has 0 radical (unpaired) electrons. The van der Waals surface area contributed by atoms with Crippen LogP contribution in [0.3, 0.4) is 0 Å². The van der Waals surface area contributed by atoms with Crippen LogP contribution in [0.25, 0.3) is 22.3 Å². The fraction of sp³-hybridized carbons (Fsp3) is 0.320. The zero-order valence-corrected chi connectivity index (χ0v) is 17.4. The van der Waals surface area contributed by atoms with Crippen LogP contribution in [0.5, 0.6) is 0 Å². The Morgan fingerprint density at radius 3 is 2.45 bits per heavy atom. The van der Waals surface area contributed by atoms with Crippen LogP contribution in [-0.2, 0) is 0 Å². The molecule has 1 fully saturated rings. The van der Waals surface area contributed by atoms with Gasteiger partial charge in [-0.05, 0) is 91.6 Å². The summed E-state index contributed by atoms with van der Waals surface area (Å²) in [6.45, 7) is 2.19. The number of benzene rings is 2. The number of nitrogens with one attached hydrogen (secondary N) is 1. The molecule has 2 aromatic heterocycles. The average Bonchev–Trinajstić information content (AvgIpc) is 3.29. The molecule has 1 aliphatic rings. The van der Waals surface area contributed by atoms with E-state index in [0.717, 1.165) is 48.0 Å². The summed E-state index contributed by atoms with van der Waals surface area (Å²) in [7, 11) is 0. The van der Waals surface area contributed by atoms with Gasteiger partial charge < -0.3 is 0 Å². The van der Waals surface area contributed by atoms with Crippen LogP contribution in [0.15, 0.2) is 54.7 Å². The van der Waals surface area contributed by atoms with Gasteiger partial charge in [0, 0.05) is 23.1 Å².